The van der Waals surface area contributed by atoms with Crippen molar-refractivity contribution in [2.24, 2.45) is 16.5 Å². The Morgan fingerprint density at radius 3 is 2.12 bits per heavy atom. The third kappa shape index (κ3) is 11.4. The van der Waals surface area contributed by atoms with E-state index in [1.54, 1.807) is 0 Å². The summed E-state index contributed by atoms with van der Waals surface area (Å²) < 4.78 is 23.4. The van der Waals surface area contributed by atoms with Gasteiger partial charge < -0.3 is 16.6 Å². The van der Waals surface area contributed by atoms with Crippen LogP contribution in [0.15, 0.2) is 4.99 Å². The molecule has 0 aliphatic rings. The monoisotopic (exact) mass is 366 g/mol. The van der Waals surface area contributed by atoms with Crippen LogP contribution in [-0.4, -0.2) is 42.8 Å². The first kappa shape index (κ1) is 22.9. The molecular weight excluding hydrogens is 335 g/mol. The topological polar surface area (TPSA) is 149 Å². The van der Waals surface area contributed by atoms with Crippen molar-refractivity contribution in [3.05, 3.63) is 0 Å². The van der Waals surface area contributed by atoms with Gasteiger partial charge in [0.2, 0.25) is 0 Å². The van der Waals surface area contributed by atoms with E-state index in [1.165, 1.54) is 0 Å². The number of nitrogens with zero attached hydrogens (tertiary/aromatic N) is 1. The molecule has 0 aromatic rings. The second kappa shape index (κ2) is 13.2. The fraction of sp³-hybridized carbons (Fsp3) is 0.857. The van der Waals surface area contributed by atoms with Crippen LogP contribution < -0.4 is 16.6 Å². The van der Waals surface area contributed by atoms with Crippen LogP contribution in [0.4, 0.5) is 0 Å². The highest BCUT2D eigenvalue weighted by Gasteiger charge is 2.31. The van der Waals surface area contributed by atoms with Crippen molar-refractivity contribution in [2.75, 3.05) is 19.8 Å². The molecule has 0 aromatic heterocycles. The lowest BCUT2D eigenvalue weighted by atomic mass is 10.2. The highest BCUT2D eigenvalue weighted by atomic mass is 31.2. The number of rotatable bonds is 15. The molecule has 0 spiro atoms. The van der Waals surface area contributed by atoms with Gasteiger partial charge in [0.25, 0.3) is 0 Å². The largest absolute Gasteiger partial charge is 0.480 e. The van der Waals surface area contributed by atoms with Gasteiger partial charge in [-0.2, -0.15) is 0 Å². The lowest BCUT2D eigenvalue weighted by Crippen LogP contribution is -2.36. The Kier molecular flexibility index (Phi) is 12.5. The SMILES string of the molecule is CCCCOP(=O)(N[C@@H](CCCN=C(N)N)C(=O)O)OCCCC. The molecule has 0 rings (SSSR count). The molecule has 1 atom stereocenters. The second-order valence-electron chi connectivity index (χ2n) is 5.34. The van der Waals surface area contributed by atoms with E-state index >= 15 is 0 Å². The summed E-state index contributed by atoms with van der Waals surface area (Å²) in [4.78, 5) is 15.2. The molecule has 0 fully saturated rings. The number of carboxylic acids is 1. The van der Waals surface area contributed by atoms with Crippen molar-refractivity contribution >= 4 is 19.7 Å². The first-order valence-corrected chi connectivity index (χ1v) is 9.84. The van der Waals surface area contributed by atoms with Crippen molar-refractivity contribution in [3.8, 4) is 0 Å². The minimum Gasteiger partial charge on any atom is -0.480 e. The van der Waals surface area contributed by atoms with E-state index in [2.05, 4.69) is 10.1 Å². The fourth-order valence-electron chi connectivity index (χ4n) is 1.71. The third-order valence-electron chi connectivity index (χ3n) is 3.08. The summed E-state index contributed by atoms with van der Waals surface area (Å²) in [6.07, 6.45) is 3.79. The first-order chi connectivity index (χ1) is 11.3. The number of carboxylic acid groups (broad SMARTS) is 1. The lowest BCUT2D eigenvalue weighted by molar-refractivity contribution is -0.139. The molecule has 10 heteroatoms. The molecule has 0 saturated carbocycles. The smallest absolute Gasteiger partial charge is 0.406 e. The summed E-state index contributed by atoms with van der Waals surface area (Å²) in [5.74, 6) is -1.18. The van der Waals surface area contributed by atoms with Crippen LogP contribution >= 0.6 is 7.75 Å². The Hall–Kier alpha value is -1.15. The Morgan fingerprint density at radius 2 is 1.71 bits per heavy atom. The van der Waals surface area contributed by atoms with Gasteiger partial charge in [-0.05, 0) is 25.7 Å². The van der Waals surface area contributed by atoms with Gasteiger partial charge in [0.05, 0.1) is 13.2 Å². The lowest BCUT2D eigenvalue weighted by Gasteiger charge is -2.23. The molecule has 0 unspecified atom stereocenters. The molecule has 9 nitrogen and oxygen atoms in total. The summed E-state index contributed by atoms with van der Waals surface area (Å²) in [6, 6.07) is -1.06. The normalized spacial score (nSPS) is 12.8. The molecule has 24 heavy (non-hydrogen) atoms. The maximum absolute atomic E-state index is 12.7. The fourth-order valence-corrected chi connectivity index (χ4v) is 3.29. The van der Waals surface area contributed by atoms with Gasteiger partial charge >= 0.3 is 13.7 Å². The molecule has 6 N–H and O–H groups in total. The Balaban J connectivity index is 4.71. The maximum Gasteiger partial charge on any atom is 0.406 e. The summed E-state index contributed by atoms with van der Waals surface area (Å²) >= 11 is 0. The van der Waals surface area contributed by atoms with E-state index in [0.29, 0.717) is 25.8 Å². The van der Waals surface area contributed by atoms with E-state index in [-0.39, 0.29) is 25.6 Å². The van der Waals surface area contributed by atoms with E-state index in [4.69, 9.17) is 20.5 Å². The molecule has 0 heterocycles. The van der Waals surface area contributed by atoms with Crippen LogP contribution in [0, 0.1) is 0 Å². The van der Waals surface area contributed by atoms with E-state index in [0.717, 1.165) is 12.8 Å². The number of aliphatic carboxylic acids is 1. The summed E-state index contributed by atoms with van der Waals surface area (Å²) in [5, 5.41) is 11.8. The van der Waals surface area contributed by atoms with Crippen LogP contribution in [0.1, 0.15) is 52.4 Å². The van der Waals surface area contributed by atoms with Gasteiger partial charge in [-0.25, -0.2) is 9.65 Å². The number of hydrogen-bond donors (Lipinski definition) is 4. The number of nitrogens with one attached hydrogen (secondary N) is 1. The van der Waals surface area contributed by atoms with Crippen LogP contribution in [0.3, 0.4) is 0 Å². The molecule has 0 amide bonds. The van der Waals surface area contributed by atoms with Crippen molar-refractivity contribution in [2.45, 2.75) is 58.4 Å². The zero-order valence-corrected chi connectivity index (χ0v) is 15.5. The molecule has 0 aromatic carbocycles. The highest BCUT2D eigenvalue weighted by Crippen LogP contribution is 2.45. The average molecular weight is 366 g/mol. The van der Waals surface area contributed by atoms with Crippen molar-refractivity contribution in [3.63, 3.8) is 0 Å². The van der Waals surface area contributed by atoms with Gasteiger partial charge in [-0.3, -0.25) is 18.8 Å². The molecule has 0 radical (unpaired) electrons. The van der Waals surface area contributed by atoms with Crippen LogP contribution in [0.2, 0.25) is 0 Å². The number of aliphatic imine (C=N–C) groups is 1. The standard InChI is InChI=1S/C14H31N4O5P/c1-3-5-10-22-24(21,23-11-6-4-2)18-12(13(19)20)8-7-9-17-14(15)16/h12H,3-11H2,1-2H3,(H,18,21)(H,19,20)(H4,15,16,17)/t12-/m0/s1. The molecule has 0 aliphatic carbocycles. The van der Waals surface area contributed by atoms with Gasteiger partial charge in [0.15, 0.2) is 5.96 Å². The Morgan fingerprint density at radius 1 is 1.17 bits per heavy atom. The number of nitrogens with two attached hydrogens (primary N) is 2. The zero-order valence-electron chi connectivity index (χ0n) is 14.6. The van der Waals surface area contributed by atoms with Crippen molar-refractivity contribution in [1.29, 1.82) is 0 Å². The molecule has 142 valence electrons. The van der Waals surface area contributed by atoms with Gasteiger partial charge in [-0.1, -0.05) is 26.7 Å². The van der Waals surface area contributed by atoms with Crippen molar-refractivity contribution in [1.82, 2.24) is 5.09 Å². The second-order valence-corrected chi connectivity index (χ2v) is 7.11. The predicted molar refractivity (Wildman–Crippen MR) is 93.8 cm³/mol. The van der Waals surface area contributed by atoms with Crippen LogP contribution in [0.5, 0.6) is 0 Å². The molecule has 0 saturated heterocycles. The zero-order chi connectivity index (χ0) is 18.4. The summed E-state index contributed by atoms with van der Waals surface area (Å²) in [7, 11) is -3.67. The van der Waals surface area contributed by atoms with Crippen molar-refractivity contribution < 1.29 is 23.5 Å². The number of carbonyl (C=O) groups is 1. The van der Waals surface area contributed by atoms with Gasteiger partial charge in [-0.15, -0.1) is 0 Å². The summed E-state index contributed by atoms with van der Waals surface area (Å²) in [6.45, 7) is 4.73. The van der Waals surface area contributed by atoms with Crippen LogP contribution in [-0.2, 0) is 18.4 Å². The van der Waals surface area contributed by atoms with Gasteiger partial charge in [0.1, 0.15) is 6.04 Å². The number of guanidine groups is 1. The third-order valence-corrected chi connectivity index (χ3v) is 4.75. The highest BCUT2D eigenvalue weighted by molar-refractivity contribution is 7.51. The Bertz CT molecular complexity index is 415. The van der Waals surface area contributed by atoms with E-state index in [9.17, 15) is 14.5 Å². The van der Waals surface area contributed by atoms with E-state index < -0.39 is 19.8 Å². The molecule has 0 aliphatic heterocycles. The van der Waals surface area contributed by atoms with Crippen LogP contribution in [0.25, 0.3) is 0 Å². The molecular formula is C14H31N4O5P. The Labute approximate surface area is 143 Å². The maximum atomic E-state index is 12.7. The number of hydrogen-bond acceptors (Lipinski definition) is 5. The first-order valence-electron chi connectivity index (χ1n) is 8.29. The van der Waals surface area contributed by atoms with E-state index in [1.807, 2.05) is 13.8 Å². The number of unbranched alkanes of at least 4 members (excludes halogenated alkanes) is 2. The minimum atomic E-state index is -3.67. The van der Waals surface area contributed by atoms with Gasteiger partial charge in [0, 0.05) is 6.54 Å². The predicted octanol–water partition coefficient (Wildman–Crippen LogP) is 1.82. The molecule has 0 bridgehead atoms. The average Bonchev–Trinajstić information content (AvgIpc) is 2.50. The quantitative estimate of drug-likeness (QED) is 0.148. The summed E-state index contributed by atoms with van der Waals surface area (Å²) in [5.41, 5.74) is 10.4. The minimum absolute atomic E-state index is 0.0497.